The Morgan fingerprint density at radius 3 is 2.60 bits per heavy atom. The molecule has 2 unspecified atom stereocenters. The van der Waals surface area contributed by atoms with Gasteiger partial charge in [0.15, 0.2) is 5.41 Å². The molecule has 0 radical (unpaired) electrons. The van der Waals surface area contributed by atoms with Crippen molar-refractivity contribution >= 4 is 17.8 Å². The van der Waals surface area contributed by atoms with Crippen LogP contribution in [-0.4, -0.2) is 29.8 Å². The third kappa shape index (κ3) is 3.14. The summed E-state index contributed by atoms with van der Waals surface area (Å²) in [5.74, 6) is 3.89. The molecular formula is C14H17N2NaO3. The zero-order chi connectivity index (χ0) is 14.6. The van der Waals surface area contributed by atoms with Crippen molar-refractivity contribution in [2.75, 3.05) is 7.05 Å². The number of aliphatic imine (C=N–C) groups is 1. The minimum Gasteiger partial charge on any atom is -0.846 e. The monoisotopic (exact) mass is 284 g/mol. The summed E-state index contributed by atoms with van der Waals surface area (Å²) >= 11 is 0. The van der Waals surface area contributed by atoms with Crippen LogP contribution in [0.25, 0.3) is 0 Å². The van der Waals surface area contributed by atoms with E-state index in [1.165, 1.54) is 13.1 Å². The summed E-state index contributed by atoms with van der Waals surface area (Å²) in [7, 11) is 1.32. The second kappa shape index (κ2) is 7.63. The molecule has 1 aliphatic heterocycles. The van der Waals surface area contributed by atoms with Crippen molar-refractivity contribution in [3.8, 4) is 11.8 Å². The van der Waals surface area contributed by atoms with Crippen molar-refractivity contribution in [3.05, 3.63) is 12.2 Å². The maximum absolute atomic E-state index is 12.4. The Morgan fingerprint density at radius 2 is 2.10 bits per heavy atom. The van der Waals surface area contributed by atoms with E-state index in [4.69, 9.17) is 0 Å². The molecule has 20 heavy (non-hydrogen) atoms. The Hall–Kier alpha value is -1.09. The number of allylic oxidation sites excluding steroid dienone is 1. The van der Waals surface area contributed by atoms with Crippen LogP contribution in [0, 0.1) is 23.2 Å². The molecule has 0 fully saturated rings. The van der Waals surface area contributed by atoms with Crippen LogP contribution in [0.2, 0.25) is 0 Å². The largest absolute Gasteiger partial charge is 1.00 e. The first-order valence-electron chi connectivity index (χ1n) is 6.12. The summed E-state index contributed by atoms with van der Waals surface area (Å²) < 4.78 is 0. The van der Waals surface area contributed by atoms with E-state index in [2.05, 4.69) is 16.8 Å². The summed E-state index contributed by atoms with van der Waals surface area (Å²) in [6.07, 6.45) is 3.72. The van der Waals surface area contributed by atoms with Crippen molar-refractivity contribution in [1.29, 1.82) is 0 Å². The van der Waals surface area contributed by atoms with Gasteiger partial charge in [0.05, 0.1) is 6.02 Å². The molecule has 6 heteroatoms. The number of amidine groups is 1. The van der Waals surface area contributed by atoms with Crippen LogP contribution < -0.4 is 34.7 Å². The van der Waals surface area contributed by atoms with Gasteiger partial charge in [-0.15, -0.1) is 5.92 Å². The van der Waals surface area contributed by atoms with E-state index in [1.807, 2.05) is 6.92 Å². The molecule has 0 saturated carbocycles. The first kappa shape index (κ1) is 18.9. The zero-order valence-corrected chi connectivity index (χ0v) is 14.6. The third-order valence-corrected chi connectivity index (χ3v) is 3.10. The van der Waals surface area contributed by atoms with Crippen LogP contribution in [0.3, 0.4) is 0 Å². The van der Waals surface area contributed by atoms with Gasteiger partial charge in [0.25, 0.3) is 5.91 Å². The smallest absolute Gasteiger partial charge is 0.846 e. The normalized spacial score (nSPS) is 23.8. The molecule has 2 atom stereocenters. The van der Waals surface area contributed by atoms with Gasteiger partial charge in [-0.25, -0.2) is 4.99 Å². The molecule has 0 aromatic rings. The Labute approximate surface area is 141 Å². The third-order valence-electron chi connectivity index (χ3n) is 3.10. The molecule has 5 nitrogen and oxygen atoms in total. The van der Waals surface area contributed by atoms with Gasteiger partial charge in [-0.2, -0.15) is 0 Å². The van der Waals surface area contributed by atoms with E-state index >= 15 is 0 Å². The average Bonchev–Trinajstić information content (AvgIpc) is 2.38. The summed E-state index contributed by atoms with van der Waals surface area (Å²) in [5.41, 5.74) is -1.49. The molecule has 0 saturated heterocycles. The predicted molar refractivity (Wildman–Crippen MR) is 69.7 cm³/mol. The number of carbonyl (C=O) groups excluding carboxylic acids is 2. The standard InChI is InChI=1S/C14H18N2O3.Na/c1-5-7-8-10(3)14(9-6-2)11(17)15-13(19)16(4)12(14)18;/h6,9-10H,5H2,1-4H3,(H,15,17,19);/q;+1/p-1/b9-6+;. The number of hydrogen-bond acceptors (Lipinski definition) is 3. The van der Waals surface area contributed by atoms with Crippen LogP contribution in [0.5, 0.6) is 0 Å². The van der Waals surface area contributed by atoms with Gasteiger partial charge in [0.2, 0.25) is 5.91 Å². The van der Waals surface area contributed by atoms with Crippen LogP contribution in [-0.2, 0) is 9.59 Å². The van der Waals surface area contributed by atoms with Gasteiger partial charge in [0, 0.05) is 19.4 Å². The number of nitrogens with zero attached hydrogens (tertiary/aromatic N) is 2. The molecule has 102 valence electrons. The van der Waals surface area contributed by atoms with Gasteiger partial charge in [0.1, 0.15) is 0 Å². The number of carbonyl (C=O) groups is 2. The molecule has 1 aliphatic rings. The second-order valence-electron chi connectivity index (χ2n) is 4.33. The summed E-state index contributed by atoms with van der Waals surface area (Å²) in [4.78, 5) is 28.8. The SMILES string of the molecule is C/C=C/C1(C(C)C#CCC)C(=O)N=C([O-])N(C)C1=O.[Na+]. The van der Waals surface area contributed by atoms with Gasteiger partial charge in [-0.3, -0.25) is 9.59 Å². The van der Waals surface area contributed by atoms with Gasteiger partial charge >= 0.3 is 29.6 Å². The first-order chi connectivity index (χ1) is 8.91. The Balaban J connectivity index is 0.00000361. The van der Waals surface area contributed by atoms with E-state index in [-0.39, 0.29) is 29.6 Å². The summed E-state index contributed by atoms with van der Waals surface area (Å²) in [6.45, 7) is 5.28. The molecule has 0 aliphatic carbocycles. The fourth-order valence-corrected chi connectivity index (χ4v) is 2.00. The maximum atomic E-state index is 12.4. The van der Waals surface area contributed by atoms with Crippen molar-refractivity contribution in [2.45, 2.75) is 27.2 Å². The molecular weight excluding hydrogens is 267 g/mol. The number of rotatable bonds is 2. The Morgan fingerprint density at radius 1 is 1.50 bits per heavy atom. The molecule has 0 bridgehead atoms. The van der Waals surface area contributed by atoms with E-state index in [9.17, 15) is 14.7 Å². The fraction of sp³-hybridized carbons (Fsp3) is 0.500. The van der Waals surface area contributed by atoms with Crippen molar-refractivity contribution in [2.24, 2.45) is 16.3 Å². The van der Waals surface area contributed by atoms with Crippen molar-refractivity contribution in [3.63, 3.8) is 0 Å². The molecule has 0 N–H and O–H groups in total. The van der Waals surface area contributed by atoms with E-state index in [0.717, 1.165) is 4.90 Å². The molecule has 2 amide bonds. The molecule has 1 heterocycles. The molecule has 0 aromatic heterocycles. The second-order valence-corrected chi connectivity index (χ2v) is 4.33. The van der Waals surface area contributed by atoms with Crippen LogP contribution in [0.4, 0.5) is 0 Å². The zero-order valence-electron chi connectivity index (χ0n) is 12.6. The minimum atomic E-state index is -1.49. The van der Waals surface area contributed by atoms with Crippen LogP contribution in [0.1, 0.15) is 27.2 Å². The quantitative estimate of drug-likeness (QED) is 0.240. The molecule has 0 spiro atoms. The first-order valence-corrected chi connectivity index (χ1v) is 6.12. The number of amides is 2. The summed E-state index contributed by atoms with van der Waals surface area (Å²) in [5, 5.41) is 11.4. The van der Waals surface area contributed by atoms with Gasteiger partial charge in [-0.1, -0.05) is 25.0 Å². The molecule has 0 aromatic carbocycles. The Bertz CT molecular complexity index is 516. The van der Waals surface area contributed by atoms with Gasteiger partial charge in [-0.05, 0) is 13.8 Å². The van der Waals surface area contributed by atoms with E-state index < -0.39 is 29.2 Å². The maximum Gasteiger partial charge on any atom is 1.00 e. The van der Waals surface area contributed by atoms with E-state index in [1.54, 1.807) is 19.9 Å². The topological polar surface area (TPSA) is 72.8 Å². The fourth-order valence-electron chi connectivity index (χ4n) is 2.00. The summed E-state index contributed by atoms with van der Waals surface area (Å²) in [6, 6.07) is -0.828. The predicted octanol–water partition coefficient (Wildman–Crippen LogP) is -2.68. The van der Waals surface area contributed by atoms with E-state index in [0.29, 0.717) is 6.42 Å². The Kier molecular flexibility index (Phi) is 7.21. The van der Waals surface area contributed by atoms with Gasteiger partial charge < -0.3 is 10.0 Å². The average molecular weight is 284 g/mol. The van der Waals surface area contributed by atoms with Crippen LogP contribution in [0.15, 0.2) is 17.1 Å². The number of hydrogen-bond donors (Lipinski definition) is 0. The van der Waals surface area contributed by atoms with Crippen LogP contribution >= 0.6 is 0 Å². The molecule has 1 rings (SSSR count). The minimum absolute atomic E-state index is 0. The van der Waals surface area contributed by atoms with Crippen molar-refractivity contribution < 1.29 is 44.3 Å². The van der Waals surface area contributed by atoms with Crippen molar-refractivity contribution in [1.82, 2.24) is 4.90 Å².